The van der Waals surface area contributed by atoms with Crippen LogP contribution in [-0.4, -0.2) is 0 Å². The summed E-state index contributed by atoms with van der Waals surface area (Å²) >= 11 is 0. The molecule has 0 aromatic rings. The molecule has 0 aromatic heterocycles. The summed E-state index contributed by atoms with van der Waals surface area (Å²) in [5.41, 5.74) is 0. The van der Waals surface area contributed by atoms with Crippen molar-refractivity contribution in [3.05, 3.63) is 0 Å². The molecule has 0 rings (SSSR count). The summed E-state index contributed by atoms with van der Waals surface area (Å²) in [6.45, 7) is 0. The molecule has 0 aliphatic carbocycles. The van der Waals surface area contributed by atoms with Gasteiger partial charge < -0.3 is 86.8 Å². The van der Waals surface area contributed by atoms with Gasteiger partial charge in [-0.15, -0.1) is 0 Å². The van der Waals surface area contributed by atoms with Crippen molar-refractivity contribution < 1.29 is 128 Å². The van der Waals surface area contributed by atoms with Crippen molar-refractivity contribution >= 4 is 0 Å². The Morgan fingerprint density at radius 3 is 0.333 bits per heavy atom. The summed E-state index contributed by atoms with van der Waals surface area (Å²) in [4.78, 5) is 0. The van der Waals surface area contributed by atoms with E-state index in [1.165, 1.54) is 0 Å². The molecule has 0 radical (unpaired) electrons. The molecular formula is Cl7PtRe. The third-order valence-electron chi connectivity index (χ3n) is 0. The Morgan fingerprint density at radius 2 is 0.333 bits per heavy atom. The van der Waals surface area contributed by atoms with Gasteiger partial charge in [0.05, 0.1) is 0 Å². The summed E-state index contributed by atoms with van der Waals surface area (Å²) in [6, 6.07) is 0. The van der Waals surface area contributed by atoms with Crippen LogP contribution in [0.25, 0.3) is 0 Å². The van der Waals surface area contributed by atoms with Gasteiger partial charge in [0.25, 0.3) is 0 Å². The Bertz CT molecular complexity index is 8.88. The quantitative estimate of drug-likeness (QED) is 0.250. The Labute approximate surface area is 127 Å². The van der Waals surface area contributed by atoms with Gasteiger partial charge in [0.1, 0.15) is 0 Å². The van der Waals surface area contributed by atoms with E-state index >= 15 is 0 Å². The second kappa shape index (κ2) is 107. The summed E-state index contributed by atoms with van der Waals surface area (Å²) in [6.07, 6.45) is 0. The zero-order valence-electron chi connectivity index (χ0n) is 3.34. The first kappa shape index (κ1) is 140. The predicted molar refractivity (Wildman–Crippen MR) is 0 cm³/mol. The normalized spacial score (nSPS) is 0. The van der Waals surface area contributed by atoms with E-state index < -0.39 is 0 Å². The Hall–Kier alpha value is 3.38. The first-order chi connectivity index (χ1) is 0. The van der Waals surface area contributed by atoms with Gasteiger partial charge in [0, 0.05) is 21.1 Å². The maximum Gasteiger partial charge on any atom is 7.00 e. The van der Waals surface area contributed by atoms with Crippen molar-refractivity contribution in [2.75, 3.05) is 0 Å². The molecule has 9 heteroatoms. The summed E-state index contributed by atoms with van der Waals surface area (Å²) in [7, 11) is 0. The molecule has 0 bridgehead atoms. The van der Waals surface area contributed by atoms with E-state index in [0.29, 0.717) is 0 Å². The van der Waals surface area contributed by atoms with Gasteiger partial charge in [-0.3, -0.25) is 0 Å². The number of hydrogen-bond donors (Lipinski definition) is 0. The van der Waals surface area contributed by atoms with Crippen molar-refractivity contribution in [3.8, 4) is 0 Å². The van der Waals surface area contributed by atoms with Crippen LogP contribution in [0.15, 0.2) is 0 Å². The maximum atomic E-state index is 0. The van der Waals surface area contributed by atoms with E-state index in [0.717, 1.165) is 0 Å². The van der Waals surface area contributed by atoms with E-state index in [1.54, 1.807) is 0 Å². The van der Waals surface area contributed by atoms with Crippen molar-refractivity contribution in [1.82, 2.24) is 0 Å². The fraction of sp³-hybridized carbons (Fsp3) is 0. The summed E-state index contributed by atoms with van der Waals surface area (Å²) in [5.74, 6) is 0. The van der Waals surface area contributed by atoms with E-state index in [9.17, 15) is 0 Å². The molecule has 0 atom stereocenters. The zero-order valence-corrected chi connectivity index (χ0v) is 13.6. The molecule has 0 aliphatic heterocycles. The minimum atomic E-state index is 0. The van der Waals surface area contributed by atoms with Crippen LogP contribution in [0.2, 0.25) is 0 Å². The van der Waals surface area contributed by atoms with Gasteiger partial charge in [-0.1, -0.05) is 0 Å². The first-order valence-electron chi connectivity index (χ1n) is 0. The average molecular weight is 629 g/mol. The molecule has 0 saturated carbocycles. The van der Waals surface area contributed by atoms with Crippen LogP contribution in [-0.2, 0) is 41.5 Å². The molecular weight excluding hydrogens is 629 g/mol. The minimum Gasteiger partial charge on any atom is -1.00 e. The van der Waals surface area contributed by atoms with Crippen LogP contribution >= 0.6 is 0 Å². The molecule has 0 N–H and O–H groups in total. The second-order valence-electron chi connectivity index (χ2n) is 0. The van der Waals surface area contributed by atoms with E-state index in [1.807, 2.05) is 0 Å². The molecule has 0 nitrogen and oxygen atoms in total. The largest absolute Gasteiger partial charge is 7.00 e. The molecule has 9 heavy (non-hydrogen) atoms. The number of rotatable bonds is 0. The van der Waals surface area contributed by atoms with Crippen molar-refractivity contribution in [1.29, 1.82) is 0 Å². The van der Waals surface area contributed by atoms with Gasteiger partial charge in [-0.05, 0) is 0 Å². The summed E-state index contributed by atoms with van der Waals surface area (Å²) in [5, 5.41) is 0. The molecule has 0 unspecified atom stereocenters. The van der Waals surface area contributed by atoms with Crippen LogP contribution in [0.4, 0.5) is 0 Å². The molecule has 0 spiro atoms. The van der Waals surface area contributed by atoms with Crippen LogP contribution in [0.3, 0.4) is 0 Å². The molecule has 0 amide bonds. The monoisotopic (exact) mass is 627 g/mol. The zero-order chi connectivity index (χ0) is 0. The Kier molecular flexibility index (Phi) is 1670. The van der Waals surface area contributed by atoms with Gasteiger partial charge in [-0.2, -0.15) is 0 Å². The standard InChI is InChI=1S/7ClH.Pt.Re/h7*1H;;/q;;;;;;;;+7/p-7. The van der Waals surface area contributed by atoms with Crippen molar-refractivity contribution in [2.24, 2.45) is 0 Å². The van der Waals surface area contributed by atoms with E-state index in [2.05, 4.69) is 0 Å². The minimum absolute atomic E-state index is 0. The fourth-order valence-corrected chi connectivity index (χ4v) is 0. The number of hydrogen-bond acceptors (Lipinski definition) is 0. The molecule has 0 aromatic carbocycles. The van der Waals surface area contributed by atoms with Gasteiger partial charge in [0.2, 0.25) is 0 Å². The molecule has 0 heterocycles. The van der Waals surface area contributed by atoms with Crippen LogP contribution in [0.5, 0.6) is 0 Å². The molecule has 0 aliphatic rings. The van der Waals surface area contributed by atoms with Gasteiger partial charge in [0.15, 0.2) is 0 Å². The van der Waals surface area contributed by atoms with E-state index in [4.69, 9.17) is 0 Å². The summed E-state index contributed by atoms with van der Waals surface area (Å²) < 4.78 is 0. The SMILES string of the molecule is [Cl-].[Cl-].[Cl-].[Cl-].[Cl-].[Cl-].[Cl-].[Pt].[Re+7]. The Morgan fingerprint density at radius 1 is 0.333 bits per heavy atom. The average Bonchev–Trinajstić information content (AvgIpc) is 0. The molecule has 0 fully saturated rings. The van der Waals surface area contributed by atoms with Gasteiger partial charge in [-0.25, -0.2) is 0 Å². The fourth-order valence-electron chi connectivity index (χ4n) is 0. The first-order valence-corrected chi connectivity index (χ1v) is 0. The third kappa shape index (κ3) is 87.6. The predicted octanol–water partition coefficient (Wildman–Crippen LogP) is -21.0. The van der Waals surface area contributed by atoms with Crippen molar-refractivity contribution in [3.63, 3.8) is 0 Å². The molecule has 66 valence electrons. The van der Waals surface area contributed by atoms with Crippen LogP contribution in [0.1, 0.15) is 0 Å². The van der Waals surface area contributed by atoms with Crippen LogP contribution in [0, 0.1) is 0 Å². The Balaban J connectivity index is 0. The van der Waals surface area contributed by atoms with Crippen LogP contribution < -0.4 is 86.8 Å². The maximum absolute atomic E-state index is 0. The number of halogens is 7. The third-order valence-corrected chi connectivity index (χ3v) is 0. The van der Waals surface area contributed by atoms with Crippen molar-refractivity contribution in [2.45, 2.75) is 0 Å². The smallest absolute Gasteiger partial charge is 1.00 e. The second-order valence-corrected chi connectivity index (χ2v) is 0. The topological polar surface area (TPSA) is 0 Å². The van der Waals surface area contributed by atoms with E-state index in [-0.39, 0.29) is 128 Å². The molecule has 0 saturated heterocycles. The van der Waals surface area contributed by atoms with Gasteiger partial charge >= 0.3 is 20.4 Å².